The zero-order valence-electron chi connectivity index (χ0n) is 13.5. The van der Waals surface area contributed by atoms with Gasteiger partial charge in [0.2, 0.25) is 0 Å². The quantitative estimate of drug-likeness (QED) is 0.541. The summed E-state index contributed by atoms with van der Waals surface area (Å²) in [5.41, 5.74) is -0.255. The van der Waals surface area contributed by atoms with Crippen LogP contribution in [0.1, 0.15) is 32.8 Å². The number of benzene rings is 1. The summed E-state index contributed by atoms with van der Waals surface area (Å²) >= 11 is 0. The zero-order valence-corrected chi connectivity index (χ0v) is 13.5. The van der Waals surface area contributed by atoms with E-state index in [0.29, 0.717) is 18.8 Å². The number of rotatable bonds is 8. The third-order valence-corrected chi connectivity index (χ3v) is 3.89. The number of nitrogens with zero attached hydrogens (tertiary/aromatic N) is 1. The summed E-state index contributed by atoms with van der Waals surface area (Å²) in [6.45, 7) is 9.79. The molecule has 0 aliphatic carbocycles. The zero-order chi connectivity index (χ0) is 16.6. The van der Waals surface area contributed by atoms with E-state index < -0.39 is 17.3 Å². The van der Waals surface area contributed by atoms with Crippen LogP contribution in [0.25, 0.3) is 0 Å². The fraction of sp³-hybridized carbons (Fsp3) is 0.444. The van der Waals surface area contributed by atoms with Gasteiger partial charge in [-0.1, -0.05) is 50.8 Å². The van der Waals surface area contributed by atoms with Crippen LogP contribution in [-0.2, 0) is 20.9 Å². The number of nitriles is 1. The molecule has 1 aromatic carbocycles. The molecule has 0 saturated heterocycles. The molecular weight excluding hydrogens is 278 g/mol. The van der Waals surface area contributed by atoms with Crippen molar-refractivity contribution in [2.75, 3.05) is 6.61 Å². The average Bonchev–Trinajstić information content (AvgIpc) is 2.55. The molecule has 0 fully saturated rings. The second-order valence-corrected chi connectivity index (χ2v) is 5.12. The van der Waals surface area contributed by atoms with Crippen LogP contribution >= 0.6 is 0 Å². The Bertz CT molecular complexity index is 547. The first-order valence-electron chi connectivity index (χ1n) is 7.45. The standard InChI is InChI=1S/C18H23NO3/c1-5-18(13-19,17(20)21-6-2)14(3)15(4)22-12-16-10-8-7-9-11-16/h7-11,14H,4-6,12H2,1-3H3/t14-,18+/m0/s1. The largest absolute Gasteiger partial charge is 0.494 e. The molecule has 0 saturated carbocycles. The van der Waals surface area contributed by atoms with Crippen molar-refractivity contribution >= 4 is 5.97 Å². The van der Waals surface area contributed by atoms with Crippen molar-refractivity contribution in [2.45, 2.75) is 33.8 Å². The van der Waals surface area contributed by atoms with Gasteiger partial charge in [0, 0.05) is 5.92 Å². The van der Waals surface area contributed by atoms with Gasteiger partial charge in [-0.05, 0) is 18.9 Å². The average molecular weight is 301 g/mol. The minimum absolute atomic E-state index is 0.242. The first kappa shape index (κ1) is 17.8. The number of esters is 1. The van der Waals surface area contributed by atoms with E-state index in [0.717, 1.165) is 5.56 Å². The van der Waals surface area contributed by atoms with E-state index in [2.05, 4.69) is 12.6 Å². The minimum atomic E-state index is -1.26. The molecule has 2 atom stereocenters. The molecule has 0 bridgehead atoms. The normalized spacial score (nSPS) is 14.3. The fourth-order valence-electron chi connectivity index (χ4n) is 2.26. The van der Waals surface area contributed by atoms with Crippen LogP contribution in [0.5, 0.6) is 0 Å². The maximum Gasteiger partial charge on any atom is 0.327 e. The highest BCUT2D eigenvalue weighted by Gasteiger charge is 2.46. The van der Waals surface area contributed by atoms with Gasteiger partial charge < -0.3 is 9.47 Å². The SMILES string of the molecule is C=C(OCc1ccccc1)[C@H](C)[C@](C#N)(CC)C(=O)OCC. The van der Waals surface area contributed by atoms with Gasteiger partial charge in [-0.15, -0.1) is 0 Å². The molecule has 0 spiro atoms. The molecule has 1 aromatic rings. The highest BCUT2D eigenvalue weighted by Crippen LogP contribution is 2.37. The van der Waals surface area contributed by atoms with Crippen LogP contribution in [-0.4, -0.2) is 12.6 Å². The molecule has 4 nitrogen and oxygen atoms in total. The van der Waals surface area contributed by atoms with E-state index in [9.17, 15) is 10.1 Å². The van der Waals surface area contributed by atoms with E-state index in [1.54, 1.807) is 20.8 Å². The summed E-state index contributed by atoms with van der Waals surface area (Å²) in [6.07, 6.45) is 0.344. The molecule has 4 heteroatoms. The second-order valence-electron chi connectivity index (χ2n) is 5.12. The Kier molecular flexibility index (Phi) is 6.65. The molecular formula is C18H23NO3. The van der Waals surface area contributed by atoms with Crippen molar-refractivity contribution in [1.29, 1.82) is 5.26 Å². The van der Waals surface area contributed by atoms with E-state index >= 15 is 0 Å². The van der Waals surface area contributed by atoms with Gasteiger partial charge in [-0.25, -0.2) is 0 Å². The Morgan fingerprint density at radius 3 is 2.45 bits per heavy atom. The van der Waals surface area contributed by atoms with E-state index in [1.165, 1.54) is 0 Å². The Labute approximate surface area is 132 Å². The lowest BCUT2D eigenvalue weighted by Gasteiger charge is -2.30. The van der Waals surface area contributed by atoms with Crippen LogP contribution in [0.2, 0.25) is 0 Å². The maximum atomic E-state index is 12.2. The molecule has 0 aliphatic heterocycles. The van der Waals surface area contributed by atoms with Gasteiger partial charge in [-0.2, -0.15) is 5.26 Å². The summed E-state index contributed by atoms with van der Waals surface area (Å²) in [7, 11) is 0. The molecule has 0 radical (unpaired) electrons. The minimum Gasteiger partial charge on any atom is -0.494 e. The molecule has 0 unspecified atom stereocenters. The van der Waals surface area contributed by atoms with Gasteiger partial charge in [0.05, 0.1) is 18.4 Å². The smallest absolute Gasteiger partial charge is 0.327 e. The Hall–Kier alpha value is -2.28. The second kappa shape index (κ2) is 8.23. The monoisotopic (exact) mass is 301 g/mol. The lowest BCUT2D eigenvalue weighted by molar-refractivity contribution is -0.154. The summed E-state index contributed by atoms with van der Waals surface area (Å²) in [5, 5.41) is 9.53. The Balaban J connectivity index is 2.81. The summed E-state index contributed by atoms with van der Waals surface area (Å²) in [6, 6.07) is 11.8. The number of ether oxygens (including phenoxy) is 2. The predicted octanol–water partition coefficient (Wildman–Crippen LogP) is 3.84. The van der Waals surface area contributed by atoms with Crippen LogP contribution in [0.3, 0.4) is 0 Å². The van der Waals surface area contributed by atoms with Crippen LogP contribution in [0, 0.1) is 22.7 Å². The summed E-state index contributed by atoms with van der Waals surface area (Å²) in [5.74, 6) is -0.553. The van der Waals surface area contributed by atoms with Crippen LogP contribution < -0.4 is 0 Å². The molecule has 0 aromatic heterocycles. The molecule has 0 heterocycles. The third-order valence-electron chi connectivity index (χ3n) is 3.89. The number of hydrogen-bond donors (Lipinski definition) is 0. The molecule has 118 valence electrons. The molecule has 0 aliphatic rings. The highest BCUT2D eigenvalue weighted by atomic mass is 16.5. The van der Waals surface area contributed by atoms with Gasteiger partial charge in [0.25, 0.3) is 0 Å². The van der Waals surface area contributed by atoms with Crippen molar-refractivity contribution < 1.29 is 14.3 Å². The predicted molar refractivity (Wildman–Crippen MR) is 84.5 cm³/mol. The summed E-state index contributed by atoms with van der Waals surface area (Å²) in [4.78, 5) is 12.2. The van der Waals surface area contributed by atoms with Crippen molar-refractivity contribution in [3.63, 3.8) is 0 Å². The van der Waals surface area contributed by atoms with Gasteiger partial charge in [0.1, 0.15) is 6.61 Å². The Morgan fingerprint density at radius 1 is 1.32 bits per heavy atom. The van der Waals surface area contributed by atoms with Crippen molar-refractivity contribution in [3.05, 3.63) is 48.2 Å². The van der Waals surface area contributed by atoms with Crippen molar-refractivity contribution in [1.82, 2.24) is 0 Å². The highest BCUT2D eigenvalue weighted by molar-refractivity contribution is 5.80. The van der Waals surface area contributed by atoms with Gasteiger partial charge in [-0.3, -0.25) is 4.79 Å². The first-order valence-corrected chi connectivity index (χ1v) is 7.45. The number of carbonyl (C=O) groups is 1. The van der Waals surface area contributed by atoms with E-state index in [4.69, 9.17) is 9.47 Å². The van der Waals surface area contributed by atoms with Crippen molar-refractivity contribution in [2.24, 2.45) is 11.3 Å². The fourth-order valence-corrected chi connectivity index (χ4v) is 2.26. The van der Waals surface area contributed by atoms with Crippen molar-refractivity contribution in [3.8, 4) is 6.07 Å². The van der Waals surface area contributed by atoms with E-state index in [1.807, 2.05) is 30.3 Å². The van der Waals surface area contributed by atoms with Crippen LogP contribution in [0.4, 0.5) is 0 Å². The van der Waals surface area contributed by atoms with Gasteiger partial charge in [0.15, 0.2) is 5.41 Å². The molecule has 1 rings (SSSR count). The Morgan fingerprint density at radius 2 is 1.95 bits per heavy atom. The van der Waals surface area contributed by atoms with Gasteiger partial charge >= 0.3 is 5.97 Å². The van der Waals surface area contributed by atoms with Crippen LogP contribution in [0.15, 0.2) is 42.7 Å². The molecule has 0 N–H and O–H groups in total. The third kappa shape index (κ3) is 3.88. The lowest BCUT2D eigenvalue weighted by atomic mass is 9.74. The molecule has 0 amide bonds. The topological polar surface area (TPSA) is 59.3 Å². The number of carbonyl (C=O) groups excluding carboxylic acids is 1. The summed E-state index contributed by atoms with van der Waals surface area (Å²) < 4.78 is 10.7. The number of hydrogen-bond acceptors (Lipinski definition) is 4. The molecule has 22 heavy (non-hydrogen) atoms. The maximum absolute atomic E-state index is 12.2. The lowest BCUT2D eigenvalue weighted by Crippen LogP contribution is -2.38. The number of allylic oxidation sites excluding steroid dienone is 1. The van der Waals surface area contributed by atoms with E-state index in [-0.39, 0.29) is 6.61 Å². The first-order chi connectivity index (χ1) is 10.5.